The number of methoxy groups -OCH3 is 1. The van der Waals surface area contributed by atoms with Gasteiger partial charge in [0.2, 0.25) is 0 Å². The Bertz CT molecular complexity index is 498. The first-order valence-electron chi connectivity index (χ1n) is 6.78. The van der Waals surface area contributed by atoms with E-state index in [9.17, 15) is 9.59 Å². The highest BCUT2D eigenvalue weighted by molar-refractivity contribution is 5.92. The Balaban J connectivity index is 1.91. The second-order valence-electron chi connectivity index (χ2n) is 4.84. The number of aromatic nitrogens is 3. The smallest absolute Gasteiger partial charge is 0.334 e. The summed E-state index contributed by atoms with van der Waals surface area (Å²) in [6.45, 7) is 1.71. The molecule has 1 unspecified atom stereocenters. The van der Waals surface area contributed by atoms with Crippen molar-refractivity contribution in [3.63, 3.8) is 0 Å². The summed E-state index contributed by atoms with van der Waals surface area (Å²) >= 11 is 0. The minimum absolute atomic E-state index is 0.120. The molecule has 1 aromatic rings. The molecular formula is C12H19N5O4. The number of carbonyl (C=O) groups excluding carboxylic acids is 1. The molecule has 1 aliphatic rings. The number of carboxylic acids is 1. The van der Waals surface area contributed by atoms with Crippen molar-refractivity contribution in [1.29, 1.82) is 0 Å². The van der Waals surface area contributed by atoms with Gasteiger partial charge in [-0.2, -0.15) is 0 Å². The van der Waals surface area contributed by atoms with Crippen LogP contribution in [-0.2, 0) is 9.53 Å². The molecule has 1 saturated heterocycles. The Kier molecular flexibility index (Phi) is 5.23. The van der Waals surface area contributed by atoms with Crippen molar-refractivity contribution in [2.45, 2.75) is 25.0 Å². The van der Waals surface area contributed by atoms with Crippen molar-refractivity contribution in [3.8, 4) is 0 Å². The maximum Gasteiger partial charge on any atom is 0.334 e. The minimum Gasteiger partial charge on any atom is -0.479 e. The topological polar surface area (TPSA) is 118 Å². The van der Waals surface area contributed by atoms with Gasteiger partial charge in [0, 0.05) is 7.11 Å². The molecule has 9 heteroatoms. The third-order valence-electron chi connectivity index (χ3n) is 3.43. The molecule has 0 spiro atoms. The van der Waals surface area contributed by atoms with Gasteiger partial charge < -0.3 is 20.5 Å². The Morgan fingerprint density at radius 3 is 2.90 bits per heavy atom. The van der Waals surface area contributed by atoms with Crippen molar-refractivity contribution in [1.82, 2.24) is 25.6 Å². The number of hydrogen-bond donors (Lipinski definition) is 3. The van der Waals surface area contributed by atoms with E-state index in [0.29, 0.717) is 0 Å². The Labute approximate surface area is 121 Å². The highest BCUT2D eigenvalue weighted by atomic mass is 16.5. The van der Waals surface area contributed by atoms with Crippen LogP contribution in [-0.4, -0.2) is 64.8 Å². The fourth-order valence-corrected chi connectivity index (χ4v) is 2.18. The van der Waals surface area contributed by atoms with E-state index < -0.39 is 18.0 Å². The number of rotatable bonds is 6. The monoisotopic (exact) mass is 297 g/mol. The molecule has 116 valence electrons. The van der Waals surface area contributed by atoms with Gasteiger partial charge in [-0.25, -0.2) is 9.48 Å². The van der Waals surface area contributed by atoms with Crippen LogP contribution in [0.2, 0.25) is 0 Å². The molecule has 3 N–H and O–H groups in total. The molecule has 0 bridgehead atoms. The zero-order valence-electron chi connectivity index (χ0n) is 11.8. The molecule has 1 fully saturated rings. The van der Waals surface area contributed by atoms with Crippen LogP contribution in [0, 0.1) is 0 Å². The molecule has 1 aliphatic heterocycles. The molecule has 1 aromatic heterocycles. The normalized spacial score (nSPS) is 17.4. The molecule has 9 nitrogen and oxygen atoms in total. The number of ether oxygens (including phenoxy) is 1. The number of aliphatic carboxylic acids is 1. The number of piperidine rings is 1. The van der Waals surface area contributed by atoms with Crippen LogP contribution < -0.4 is 10.6 Å². The SMILES string of the molecule is COC(CNC(=O)c1cn(C2CCNCC2)nn1)C(=O)O. The van der Waals surface area contributed by atoms with Gasteiger partial charge in [-0.15, -0.1) is 5.10 Å². The lowest BCUT2D eigenvalue weighted by atomic mass is 10.1. The first-order valence-corrected chi connectivity index (χ1v) is 6.78. The fourth-order valence-electron chi connectivity index (χ4n) is 2.18. The average Bonchev–Trinajstić information content (AvgIpc) is 2.98. The quantitative estimate of drug-likeness (QED) is 0.618. The summed E-state index contributed by atoms with van der Waals surface area (Å²) in [5, 5.41) is 22.4. The summed E-state index contributed by atoms with van der Waals surface area (Å²) in [6, 6.07) is 0.242. The van der Waals surface area contributed by atoms with Crippen LogP contribution in [0.1, 0.15) is 29.4 Å². The van der Waals surface area contributed by atoms with E-state index in [1.54, 1.807) is 10.9 Å². The Hall–Kier alpha value is -2.00. The van der Waals surface area contributed by atoms with E-state index in [0.717, 1.165) is 25.9 Å². The highest BCUT2D eigenvalue weighted by Gasteiger charge is 2.21. The number of nitrogens with zero attached hydrogens (tertiary/aromatic N) is 3. The lowest BCUT2D eigenvalue weighted by Gasteiger charge is -2.22. The summed E-state index contributed by atoms with van der Waals surface area (Å²) < 4.78 is 6.43. The summed E-state index contributed by atoms with van der Waals surface area (Å²) in [4.78, 5) is 22.7. The van der Waals surface area contributed by atoms with Crippen LogP contribution in [0.5, 0.6) is 0 Å². The van der Waals surface area contributed by atoms with Crippen molar-refractivity contribution in [3.05, 3.63) is 11.9 Å². The van der Waals surface area contributed by atoms with Crippen molar-refractivity contribution < 1.29 is 19.4 Å². The minimum atomic E-state index is -1.13. The first-order chi connectivity index (χ1) is 10.1. The van der Waals surface area contributed by atoms with Gasteiger partial charge in [-0.3, -0.25) is 4.79 Å². The van der Waals surface area contributed by atoms with E-state index in [1.165, 1.54) is 7.11 Å². The number of hydrogen-bond acceptors (Lipinski definition) is 6. The maximum absolute atomic E-state index is 11.9. The van der Waals surface area contributed by atoms with Gasteiger partial charge in [0.25, 0.3) is 5.91 Å². The molecule has 0 aliphatic carbocycles. The molecule has 0 aromatic carbocycles. The second kappa shape index (κ2) is 7.14. The molecular weight excluding hydrogens is 278 g/mol. The Morgan fingerprint density at radius 2 is 2.29 bits per heavy atom. The van der Waals surface area contributed by atoms with Crippen LogP contribution in [0.25, 0.3) is 0 Å². The predicted molar refractivity (Wildman–Crippen MR) is 71.9 cm³/mol. The lowest BCUT2D eigenvalue weighted by molar-refractivity contribution is -0.148. The van der Waals surface area contributed by atoms with Crippen LogP contribution in [0.15, 0.2) is 6.20 Å². The summed E-state index contributed by atoms with van der Waals surface area (Å²) in [6.07, 6.45) is 2.39. The van der Waals surface area contributed by atoms with Crippen LogP contribution >= 0.6 is 0 Å². The largest absolute Gasteiger partial charge is 0.479 e. The van der Waals surface area contributed by atoms with E-state index in [4.69, 9.17) is 9.84 Å². The molecule has 0 saturated carbocycles. The first kappa shape index (κ1) is 15.4. The summed E-state index contributed by atoms with van der Waals surface area (Å²) in [5.74, 6) is -1.59. The third-order valence-corrected chi connectivity index (χ3v) is 3.43. The zero-order chi connectivity index (χ0) is 15.2. The van der Waals surface area contributed by atoms with Gasteiger partial charge in [0.15, 0.2) is 11.8 Å². The van der Waals surface area contributed by atoms with E-state index in [2.05, 4.69) is 20.9 Å². The molecule has 21 heavy (non-hydrogen) atoms. The van der Waals surface area contributed by atoms with Gasteiger partial charge in [-0.1, -0.05) is 5.21 Å². The van der Waals surface area contributed by atoms with E-state index >= 15 is 0 Å². The molecule has 1 atom stereocenters. The van der Waals surface area contributed by atoms with Gasteiger partial charge in [0.1, 0.15) is 0 Å². The molecule has 1 amide bonds. The van der Waals surface area contributed by atoms with E-state index in [1.807, 2.05) is 0 Å². The molecule has 2 heterocycles. The van der Waals surface area contributed by atoms with Gasteiger partial charge in [-0.05, 0) is 25.9 Å². The number of nitrogens with one attached hydrogen (secondary N) is 2. The van der Waals surface area contributed by atoms with E-state index in [-0.39, 0.29) is 18.3 Å². The van der Waals surface area contributed by atoms with Crippen molar-refractivity contribution in [2.75, 3.05) is 26.7 Å². The standard InChI is InChI=1S/C12H19N5O4/c1-21-10(12(19)20)6-14-11(18)9-7-17(16-15-9)8-2-4-13-5-3-8/h7-8,10,13H,2-6H2,1H3,(H,14,18)(H,19,20). The molecule has 2 rings (SSSR count). The Morgan fingerprint density at radius 1 is 1.57 bits per heavy atom. The lowest BCUT2D eigenvalue weighted by Crippen LogP contribution is -2.38. The van der Waals surface area contributed by atoms with Crippen molar-refractivity contribution >= 4 is 11.9 Å². The maximum atomic E-state index is 11.9. The average molecular weight is 297 g/mol. The third kappa shape index (κ3) is 3.99. The highest BCUT2D eigenvalue weighted by Crippen LogP contribution is 2.16. The van der Waals surface area contributed by atoms with Crippen LogP contribution in [0.3, 0.4) is 0 Å². The van der Waals surface area contributed by atoms with Crippen molar-refractivity contribution in [2.24, 2.45) is 0 Å². The zero-order valence-corrected chi connectivity index (χ0v) is 11.8. The summed E-state index contributed by atoms with van der Waals surface area (Å²) in [7, 11) is 1.28. The second-order valence-corrected chi connectivity index (χ2v) is 4.84. The fraction of sp³-hybridized carbons (Fsp3) is 0.667. The summed E-state index contributed by atoms with van der Waals surface area (Å²) in [5.41, 5.74) is 0.175. The van der Waals surface area contributed by atoms with Gasteiger partial charge in [0.05, 0.1) is 18.8 Å². The van der Waals surface area contributed by atoms with Gasteiger partial charge >= 0.3 is 5.97 Å². The molecule has 0 radical (unpaired) electrons. The number of amides is 1. The number of carboxylic acid groups (broad SMARTS) is 1. The number of carbonyl (C=O) groups is 2. The van der Waals surface area contributed by atoms with Crippen LogP contribution in [0.4, 0.5) is 0 Å². The predicted octanol–water partition coefficient (Wildman–Crippen LogP) is -0.968.